The quantitative estimate of drug-likeness (QED) is 0.902. The van der Waals surface area contributed by atoms with Crippen LogP contribution in [0.3, 0.4) is 0 Å². The third-order valence-corrected chi connectivity index (χ3v) is 5.25. The van der Waals surface area contributed by atoms with Crippen molar-refractivity contribution in [2.75, 3.05) is 26.7 Å². The van der Waals surface area contributed by atoms with Crippen molar-refractivity contribution in [3.05, 3.63) is 21.3 Å². The van der Waals surface area contributed by atoms with Crippen molar-refractivity contribution in [2.24, 2.45) is 5.92 Å². The molecule has 2 heterocycles. The van der Waals surface area contributed by atoms with Crippen molar-refractivity contribution >= 4 is 28.8 Å². The van der Waals surface area contributed by atoms with Gasteiger partial charge in [-0.1, -0.05) is 11.6 Å². The maximum Gasteiger partial charge on any atom is 0.236 e. The van der Waals surface area contributed by atoms with E-state index in [2.05, 4.69) is 4.90 Å². The molecule has 21 heavy (non-hydrogen) atoms. The van der Waals surface area contributed by atoms with Crippen LogP contribution in [0.25, 0.3) is 0 Å². The summed E-state index contributed by atoms with van der Waals surface area (Å²) in [6.45, 7) is 4.61. The fourth-order valence-corrected chi connectivity index (χ4v) is 3.84. The van der Waals surface area contributed by atoms with Crippen LogP contribution in [0.1, 0.15) is 24.6 Å². The Morgan fingerprint density at radius 1 is 1.62 bits per heavy atom. The molecule has 0 spiro atoms. The van der Waals surface area contributed by atoms with Gasteiger partial charge in [-0.3, -0.25) is 9.69 Å². The van der Waals surface area contributed by atoms with Crippen molar-refractivity contribution in [3.63, 3.8) is 0 Å². The van der Waals surface area contributed by atoms with Gasteiger partial charge in [-0.25, -0.2) is 0 Å². The SMILES string of the molecule is CC(O)C1CCCN(CC(=O)N(C)Cc2ccc(Cl)s2)C1. The first-order valence-corrected chi connectivity index (χ1v) is 8.53. The highest BCUT2D eigenvalue weighted by molar-refractivity contribution is 7.16. The Labute approximate surface area is 135 Å². The highest BCUT2D eigenvalue weighted by Gasteiger charge is 2.25. The van der Waals surface area contributed by atoms with Crippen LogP contribution in [-0.4, -0.2) is 53.6 Å². The Morgan fingerprint density at radius 2 is 2.38 bits per heavy atom. The van der Waals surface area contributed by atoms with Crippen LogP contribution < -0.4 is 0 Å². The second-order valence-electron chi connectivity index (χ2n) is 5.83. The molecule has 1 saturated heterocycles. The van der Waals surface area contributed by atoms with E-state index < -0.39 is 0 Å². The van der Waals surface area contributed by atoms with E-state index in [1.807, 2.05) is 26.1 Å². The number of likely N-dealkylation sites (N-methyl/N-ethyl adjacent to an activating group) is 1. The molecular weight excluding hydrogens is 308 g/mol. The summed E-state index contributed by atoms with van der Waals surface area (Å²) < 4.78 is 0.752. The molecule has 1 N–H and O–H groups in total. The molecule has 1 aromatic heterocycles. The number of halogens is 1. The summed E-state index contributed by atoms with van der Waals surface area (Å²) >= 11 is 7.42. The number of hydrogen-bond donors (Lipinski definition) is 1. The minimum absolute atomic E-state index is 0.116. The first-order valence-electron chi connectivity index (χ1n) is 7.34. The van der Waals surface area contributed by atoms with Gasteiger partial charge in [0.15, 0.2) is 0 Å². The number of likely N-dealkylation sites (tertiary alicyclic amines) is 1. The van der Waals surface area contributed by atoms with Gasteiger partial charge in [0.25, 0.3) is 0 Å². The van der Waals surface area contributed by atoms with Crippen molar-refractivity contribution in [2.45, 2.75) is 32.4 Å². The molecule has 0 bridgehead atoms. The lowest BCUT2D eigenvalue weighted by molar-refractivity contribution is -0.132. The topological polar surface area (TPSA) is 43.8 Å². The summed E-state index contributed by atoms with van der Waals surface area (Å²) in [5.41, 5.74) is 0. The predicted octanol–water partition coefficient (Wildman–Crippen LogP) is 2.45. The van der Waals surface area contributed by atoms with Crippen LogP contribution >= 0.6 is 22.9 Å². The highest BCUT2D eigenvalue weighted by atomic mass is 35.5. The minimum atomic E-state index is -0.297. The van der Waals surface area contributed by atoms with Gasteiger partial charge in [-0.2, -0.15) is 0 Å². The number of amides is 1. The van der Waals surface area contributed by atoms with Gasteiger partial charge >= 0.3 is 0 Å². The number of piperidine rings is 1. The number of aliphatic hydroxyl groups is 1. The second-order valence-corrected chi connectivity index (χ2v) is 7.63. The maximum atomic E-state index is 12.3. The molecule has 1 aliphatic heterocycles. The molecule has 2 unspecified atom stereocenters. The average Bonchev–Trinajstić information content (AvgIpc) is 2.84. The van der Waals surface area contributed by atoms with E-state index >= 15 is 0 Å². The monoisotopic (exact) mass is 330 g/mol. The first kappa shape index (κ1) is 16.7. The third kappa shape index (κ3) is 4.95. The maximum absolute atomic E-state index is 12.3. The molecule has 2 rings (SSSR count). The first-order chi connectivity index (χ1) is 9.95. The standard InChI is InChI=1S/C15H23ClN2O2S/c1-11(19)12-4-3-7-18(8-12)10-15(20)17(2)9-13-5-6-14(16)21-13/h5-6,11-12,19H,3-4,7-10H2,1-2H3. The minimum Gasteiger partial charge on any atom is -0.393 e. The summed E-state index contributed by atoms with van der Waals surface area (Å²) in [5, 5.41) is 9.70. The van der Waals surface area contributed by atoms with Crippen LogP contribution in [0.15, 0.2) is 12.1 Å². The zero-order chi connectivity index (χ0) is 15.4. The summed E-state index contributed by atoms with van der Waals surface area (Å²) in [4.78, 5) is 17.3. The van der Waals surface area contributed by atoms with Crippen molar-refractivity contribution < 1.29 is 9.90 Å². The molecular formula is C15H23ClN2O2S. The van der Waals surface area contributed by atoms with E-state index in [9.17, 15) is 9.90 Å². The summed E-state index contributed by atoms with van der Waals surface area (Å²) in [6.07, 6.45) is 1.80. The smallest absolute Gasteiger partial charge is 0.236 e. The Kier molecular flexibility index (Phi) is 6.05. The largest absolute Gasteiger partial charge is 0.393 e. The summed E-state index contributed by atoms with van der Waals surface area (Å²) in [6, 6.07) is 3.82. The third-order valence-electron chi connectivity index (χ3n) is 4.03. The molecule has 0 radical (unpaired) electrons. The Morgan fingerprint density at radius 3 is 3.00 bits per heavy atom. The number of aliphatic hydroxyl groups excluding tert-OH is 1. The van der Waals surface area contributed by atoms with Gasteiger partial charge in [-0.05, 0) is 44.4 Å². The number of carbonyl (C=O) groups is 1. The van der Waals surface area contributed by atoms with Gasteiger partial charge in [-0.15, -0.1) is 11.3 Å². The molecule has 0 aromatic carbocycles. The summed E-state index contributed by atoms with van der Waals surface area (Å²) in [5.74, 6) is 0.402. The van der Waals surface area contributed by atoms with Crippen molar-refractivity contribution in [3.8, 4) is 0 Å². The number of carbonyl (C=O) groups excluding carboxylic acids is 1. The normalized spacial score (nSPS) is 21.2. The summed E-state index contributed by atoms with van der Waals surface area (Å²) in [7, 11) is 1.83. The number of rotatable bonds is 5. The molecule has 0 saturated carbocycles. The fraction of sp³-hybridized carbons (Fsp3) is 0.667. The molecule has 118 valence electrons. The Bertz CT molecular complexity index is 478. The van der Waals surface area contributed by atoms with Crippen molar-refractivity contribution in [1.29, 1.82) is 0 Å². The molecule has 0 aliphatic carbocycles. The Hall–Kier alpha value is -0.620. The van der Waals surface area contributed by atoms with Gasteiger partial charge in [0, 0.05) is 18.5 Å². The van der Waals surface area contributed by atoms with Crippen molar-refractivity contribution in [1.82, 2.24) is 9.80 Å². The van der Waals surface area contributed by atoms with E-state index in [0.29, 0.717) is 13.1 Å². The molecule has 1 fully saturated rings. The molecule has 1 amide bonds. The molecule has 6 heteroatoms. The van der Waals surface area contributed by atoms with E-state index in [-0.39, 0.29) is 17.9 Å². The second kappa shape index (κ2) is 7.58. The van der Waals surface area contributed by atoms with Gasteiger partial charge in [0.2, 0.25) is 5.91 Å². The van der Waals surface area contributed by atoms with Crippen LogP contribution in [0.5, 0.6) is 0 Å². The van der Waals surface area contributed by atoms with Crippen LogP contribution in [0.2, 0.25) is 4.34 Å². The zero-order valence-electron chi connectivity index (χ0n) is 12.6. The molecule has 4 nitrogen and oxygen atoms in total. The van der Waals surface area contributed by atoms with E-state index in [1.54, 1.807) is 4.90 Å². The zero-order valence-corrected chi connectivity index (χ0v) is 14.2. The Balaban J connectivity index is 1.82. The number of thiophene rings is 1. The van der Waals surface area contributed by atoms with E-state index in [0.717, 1.165) is 35.1 Å². The molecule has 1 aliphatic rings. The van der Waals surface area contributed by atoms with Crippen LogP contribution in [-0.2, 0) is 11.3 Å². The lowest BCUT2D eigenvalue weighted by Crippen LogP contribution is -2.44. The number of hydrogen-bond acceptors (Lipinski definition) is 4. The van der Waals surface area contributed by atoms with Gasteiger partial charge in [0.05, 0.1) is 23.5 Å². The lowest BCUT2D eigenvalue weighted by Gasteiger charge is -2.34. The van der Waals surface area contributed by atoms with Gasteiger partial charge < -0.3 is 10.0 Å². The fourth-order valence-electron chi connectivity index (χ4n) is 2.70. The highest BCUT2D eigenvalue weighted by Crippen LogP contribution is 2.23. The van der Waals surface area contributed by atoms with Crippen LogP contribution in [0.4, 0.5) is 0 Å². The lowest BCUT2D eigenvalue weighted by atomic mass is 9.93. The molecule has 1 aromatic rings. The predicted molar refractivity (Wildman–Crippen MR) is 86.6 cm³/mol. The van der Waals surface area contributed by atoms with Crippen LogP contribution in [0, 0.1) is 5.92 Å². The van der Waals surface area contributed by atoms with Gasteiger partial charge in [0.1, 0.15) is 0 Å². The molecule has 2 atom stereocenters. The average molecular weight is 331 g/mol. The van der Waals surface area contributed by atoms with E-state index in [1.165, 1.54) is 11.3 Å². The van der Waals surface area contributed by atoms with E-state index in [4.69, 9.17) is 11.6 Å². The number of nitrogens with zero attached hydrogens (tertiary/aromatic N) is 2.